The van der Waals surface area contributed by atoms with Crippen LogP contribution in [0.2, 0.25) is 0 Å². The van der Waals surface area contributed by atoms with Gasteiger partial charge in [-0.25, -0.2) is 0 Å². The maximum Gasteiger partial charge on any atom is 0.228 e. The van der Waals surface area contributed by atoms with Gasteiger partial charge in [0.1, 0.15) is 0 Å². The molecule has 0 bridgehead atoms. The highest BCUT2D eigenvalue weighted by Gasteiger charge is 2.30. The van der Waals surface area contributed by atoms with Crippen LogP contribution >= 0.6 is 15.9 Å². The van der Waals surface area contributed by atoms with E-state index in [9.17, 15) is 4.79 Å². The molecule has 1 amide bonds. The summed E-state index contributed by atoms with van der Waals surface area (Å²) in [5, 5.41) is 2.18. The first-order chi connectivity index (χ1) is 9.20. The Morgan fingerprint density at radius 3 is 2.68 bits per heavy atom. The minimum Gasteiger partial charge on any atom is -0.311 e. The smallest absolute Gasteiger partial charge is 0.228 e. The van der Waals surface area contributed by atoms with E-state index in [1.165, 1.54) is 0 Å². The van der Waals surface area contributed by atoms with Crippen LogP contribution in [0.4, 0.5) is 5.69 Å². The number of halogens is 1. The SMILES string of the molecule is C#CC1CC(=O)N(c2cccc3c(Br)cccc23)C1. The molecule has 1 saturated heterocycles. The first-order valence-corrected chi connectivity index (χ1v) is 6.93. The van der Waals surface area contributed by atoms with E-state index in [0.29, 0.717) is 13.0 Å². The van der Waals surface area contributed by atoms with Crippen molar-refractivity contribution in [3.63, 3.8) is 0 Å². The van der Waals surface area contributed by atoms with Crippen molar-refractivity contribution < 1.29 is 4.79 Å². The normalized spacial score (nSPS) is 18.8. The third-order valence-electron chi connectivity index (χ3n) is 3.50. The van der Waals surface area contributed by atoms with Gasteiger partial charge in [-0.15, -0.1) is 12.3 Å². The van der Waals surface area contributed by atoms with Crippen molar-refractivity contribution in [1.82, 2.24) is 0 Å². The van der Waals surface area contributed by atoms with Crippen LogP contribution in [0.15, 0.2) is 40.9 Å². The molecule has 0 aromatic heterocycles. The van der Waals surface area contributed by atoms with Crippen LogP contribution in [0.25, 0.3) is 10.8 Å². The van der Waals surface area contributed by atoms with Gasteiger partial charge in [0.05, 0.1) is 5.69 Å². The molecule has 1 aliphatic heterocycles. The molecule has 1 aliphatic rings. The average Bonchev–Trinajstić information content (AvgIpc) is 2.80. The highest BCUT2D eigenvalue weighted by atomic mass is 79.9. The minimum absolute atomic E-state index is 0.0231. The Morgan fingerprint density at radius 2 is 1.95 bits per heavy atom. The number of hydrogen-bond acceptors (Lipinski definition) is 1. The van der Waals surface area contributed by atoms with E-state index in [0.717, 1.165) is 20.9 Å². The first kappa shape index (κ1) is 12.3. The van der Waals surface area contributed by atoms with Crippen LogP contribution < -0.4 is 4.90 Å². The Bertz CT molecular complexity index is 701. The number of amides is 1. The van der Waals surface area contributed by atoms with E-state index in [1.54, 1.807) is 4.90 Å². The molecule has 0 N–H and O–H groups in total. The number of carbonyl (C=O) groups excluding carboxylic acids is 1. The van der Waals surface area contributed by atoms with Crippen LogP contribution in [0.3, 0.4) is 0 Å². The third kappa shape index (κ3) is 2.02. The number of hydrogen-bond donors (Lipinski definition) is 0. The second-order valence-electron chi connectivity index (χ2n) is 4.68. The summed E-state index contributed by atoms with van der Waals surface area (Å²) < 4.78 is 1.03. The quantitative estimate of drug-likeness (QED) is 0.737. The molecule has 1 heterocycles. The average molecular weight is 314 g/mol. The summed E-state index contributed by atoms with van der Waals surface area (Å²) in [6, 6.07) is 12.0. The van der Waals surface area contributed by atoms with Crippen LogP contribution in [0.5, 0.6) is 0 Å². The van der Waals surface area contributed by atoms with Crippen molar-refractivity contribution in [3.8, 4) is 12.3 Å². The van der Waals surface area contributed by atoms with E-state index in [1.807, 2.05) is 36.4 Å². The minimum atomic E-state index is 0.0231. The molecule has 0 radical (unpaired) electrons. The highest BCUT2D eigenvalue weighted by Crippen LogP contribution is 2.34. The molecule has 94 valence electrons. The molecular formula is C16H12BrNO. The second kappa shape index (κ2) is 4.71. The lowest BCUT2D eigenvalue weighted by Crippen LogP contribution is -2.24. The fourth-order valence-electron chi connectivity index (χ4n) is 2.54. The number of carbonyl (C=O) groups is 1. The Balaban J connectivity index is 2.14. The lowest BCUT2D eigenvalue weighted by Gasteiger charge is -2.18. The Morgan fingerprint density at radius 1 is 1.21 bits per heavy atom. The Kier molecular flexibility index (Phi) is 3.04. The molecule has 1 unspecified atom stereocenters. The summed E-state index contributed by atoms with van der Waals surface area (Å²) in [7, 11) is 0. The first-order valence-electron chi connectivity index (χ1n) is 6.14. The highest BCUT2D eigenvalue weighted by molar-refractivity contribution is 9.10. The number of fused-ring (bicyclic) bond motifs is 1. The molecule has 2 aromatic rings. The molecular weight excluding hydrogens is 302 g/mol. The van der Waals surface area contributed by atoms with Crippen molar-refractivity contribution in [2.75, 3.05) is 11.4 Å². The molecule has 3 rings (SSSR count). The van der Waals surface area contributed by atoms with Crippen molar-refractivity contribution >= 4 is 38.3 Å². The van der Waals surface area contributed by atoms with Crippen LogP contribution in [0.1, 0.15) is 6.42 Å². The number of anilines is 1. The van der Waals surface area contributed by atoms with E-state index in [4.69, 9.17) is 6.42 Å². The van der Waals surface area contributed by atoms with Gasteiger partial charge in [0.2, 0.25) is 5.91 Å². The third-order valence-corrected chi connectivity index (χ3v) is 4.19. The van der Waals surface area contributed by atoms with Gasteiger partial charge in [0, 0.05) is 28.7 Å². The zero-order valence-corrected chi connectivity index (χ0v) is 11.9. The predicted molar refractivity (Wildman–Crippen MR) is 80.9 cm³/mol. The summed E-state index contributed by atoms with van der Waals surface area (Å²) in [4.78, 5) is 13.9. The molecule has 0 saturated carbocycles. The molecule has 3 heteroatoms. The summed E-state index contributed by atoms with van der Waals surface area (Å²) in [5.74, 6) is 2.81. The zero-order valence-electron chi connectivity index (χ0n) is 10.3. The second-order valence-corrected chi connectivity index (χ2v) is 5.54. The van der Waals surface area contributed by atoms with Gasteiger partial charge in [-0.2, -0.15) is 0 Å². The Hall–Kier alpha value is -1.79. The molecule has 2 nitrogen and oxygen atoms in total. The molecule has 0 aliphatic carbocycles. The fourth-order valence-corrected chi connectivity index (χ4v) is 3.04. The maximum absolute atomic E-state index is 12.1. The monoisotopic (exact) mass is 313 g/mol. The fraction of sp³-hybridized carbons (Fsp3) is 0.188. The number of terminal acetylenes is 1. The van der Waals surface area contributed by atoms with Gasteiger partial charge in [0.15, 0.2) is 0 Å². The standard InChI is InChI=1S/C16H12BrNO/c1-2-11-9-16(19)18(10-11)15-8-4-5-12-13(15)6-3-7-14(12)17/h1,3-8,11H,9-10H2. The van der Waals surface area contributed by atoms with Gasteiger partial charge in [-0.1, -0.05) is 40.2 Å². The van der Waals surface area contributed by atoms with E-state index in [2.05, 4.69) is 21.9 Å². The summed E-state index contributed by atoms with van der Waals surface area (Å²) >= 11 is 3.54. The summed E-state index contributed by atoms with van der Waals surface area (Å²) in [6.45, 7) is 0.612. The number of nitrogens with zero attached hydrogens (tertiary/aromatic N) is 1. The van der Waals surface area contributed by atoms with Crippen molar-refractivity contribution in [2.45, 2.75) is 6.42 Å². The van der Waals surface area contributed by atoms with Gasteiger partial charge in [-0.3, -0.25) is 4.79 Å². The molecule has 2 aromatic carbocycles. The van der Waals surface area contributed by atoms with E-state index in [-0.39, 0.29) is 11.8 Å². The summed E-state index contributed by atoms with van der Waals surface area (Å²) in [5.41, 5.74) is 0.946. The van der Waals surface area contributed by atoms with Gasteiger partial charge in [-0.05, 0) is 17.5 Å². The largest absolute Gasteiger partial charge is 0.311 e. The zero-order chi connectivity index (χ0) is 13.4. The molecule has 1 fully saturated rings. The van der Waals surface area contributed by atoms with Crippen LogP contribution in [-0.4, -0.2) is 12.5 Å². The maximum atomic E-state index is 12.1. The number of benzene rings is 2. The van der Waals surface area contributed by atoms with Crippen molar-refractivity contribution in [3.05, 3.63) is 40.9 Å². The van der Waals surface area contributed by atoms with Gasteiger partial charge >= 0.3 is 0 Å². The topological polar surface area (TPSA) is 20.3 Å². The van der Waals surface area contributed by atoms with Crippen LogP contribution in [0, 0.1) is 18.3 Å². The molecule has 0 spiro atoms. The van der Waals surface area contributed by atoms with Crippen molar-refractivity contribution in [2.24, 2.45) is 5.92 Å². The number of rotatable bonds is 1. The lowest BCUT2D eigenvalue weighted by atomic mass is 10.1. The van der Waals surface area contributed by atoms with Crippen LogP contribution in [-0.2, 0) is 4.79 Å². The predicted octanol–water partition coefficient (Wildman–Crippen LogP) is 3.59. The van der Waals surface area contributed by atoms with Gasteiger partial charge < -0.3 is 4.90 Å². The van der Waals surface area contributed by atoms with E-state index < -0.39 is 0 Å². The van der Waals surface area contributed by atoms with Crippen molar-refractivity contribution in [1.29, 1.82) is 0 Å². The van der Waals surface area contributed by atoms with E-state index >= 15 is 0 Å². The Labute approximate surface area is 120 Å². The molecule has 19 heavy (non-hydrogen) atoms. The lowest BCUT2D eigenvalue weighted by molar-refractivity contribution is -0.117. The van der Waals surface area contributed by atoms with Gasteiger partial charge in [0.25, 0.3) is 0 Å². The molecule has 1 atom stereocenters. The summed E-state index contributed by atoms with van der Waals surface area (Å²) in [6.07, 6.45) is 5.88.